The van der Waals surface area contributed by atoms with Gasteiger partial charge in [0.2, 0.25) is 0 Å². The molecule has 5 heteroatoms. The van der Waals surface area contributed by atoms with Crippen molar-refractivity contribution in [2.24, 2.45) is 10.8 Å². The molecule has 3 nitrogen and oxygen atoms in total. The second-order valence-electron chi connectivity index (χ2n) is 10.6. The Morgan fingerprint density at radius 1 is 0.686 bits per heavy atom. The number of ether oxygens (including phenoxy) is 2. The number of rotatable bonds is 6. The van der Waals surface area contributed by atoms with Crippen molar-refractivity contribution in [1.29, 1.82) is 0 Å². The first-order valence-corrected chi connectivity index (χ1v) is 14.0. The molecule has 3 aliphatic rings. The highest BCUT2D eigenvalue weighted by molar-refractivity contribution is 6.55. The molecule has 3 fully saturated rings. The summed E-state index contributed by atoms with van der Waals surface area (Å²) in [5.74, 6) is 3.03. The van der Waals surface area contributed by atoms with Crippen molar-refractivity contribution < 1.29 is 14.3 Å². The highest BCUT2D eigenvalue weighted by atomic mass is 35.5. The normalized spacial score (nSPS) is 31.8. The van der Waals surface area contributed by atoms with Crippen LogP contribution in [0.15, 0.2) is 48.5 Å². The van der Waals surface area contributed by atoms with Gasteiger partial charge in [-0.3, -0.25) is 4.79 Å². The number of halogens is 2. The van der Waals surface area contributed by atoms with Gasteiger partial charge in [-0.25, -0.2) is 0 Å². The molecule has 0 unspecified atom stereocenters. The van der Waals surface area contributed by atoms with Gasteiger partial charge in [0.05, 0.1) is 24.0 Å². The van der Waals surface area contributed by atoms with E-state index in [9.17, 15) is 4.79 Å². The lowest BCUT2D eigenvalue weighted by atomic mass is 9.42. The molecule has 3 saturated carbocycles. The Morgan fingerprint density at radius 3 is 1.31 bits per heavy atom. The monoisotopic (exact) mass is 514 g/mol. The lowest BCUT2D eigenvalue weighted by Crippen LogP contribution is -2.74. The van der Waals surface area contributed by atoms with E-state index in [4.69, 9.17) is 32.7 Å². The van der Waals surface area contributed by atoms with Crippen LogP contribution < -0.4 is 9.47 Å². The fraction of sp³-hybridized carbons (Fsp3) is 0.567. The molecule has 0 atom stereocenters. The smallest absolute Gasteiger partial charge is 0.151 e. The van der Waals surface area contributed by atoms with Crippen LogP contribution in [0.25, 0.3) is 0 Å². The molecule has 2 aromatic rings. The molecule has 35 heavy (non-hydrogen) atoms. The van der Waals surface area contributed by atoms with Crippen molar-refractivity contribution in [3.05, 3.63) is 59.7 Å². The molecule has 3 aliphatic carbocycles. The van der Waals surface area contributed by atoms with Crippen molar-refractivity contribution in [2.75, 3.05) is 13.2 Å². The molecule has 5 rings (SSSR count). The van der Waals surface area contributed by atoms with Gasteiger partial charge >= 0.3 is 0 Å². The summed E-state index contributed by atoms with van der Waals surface area (Å²) in [6, 6.07) is 16.8. The zero-order valence-electron chi connectivity index (χ0n) is 20.8. The van der Waals surface area contributed by atoms with Gasteiger partial charge in [-0.15, -0.1) is 0 Å². The maximum Gasteiger partial charge on any atom is 0.151 e. The van der Waals surface area contributed by atoms with E-state index in [-0.39, 0.29) is 0 Å². The summed E-state index contributed by atoms with van der Waals surface area (Å²) in [5.41, 5.74) is 1.47. The van der Waals surface area contributed by atoms with Gasteiger partial charge in [-0.1, -0.05) is 47.5 Å². The average molecular weight is 516 g/mol. The number of Topliss-reactive ketones (excluding diaryl/α,β-unsaturated/α-hetero) is 1. The van der Waals surface area contributed by atoms with Crippen LogP contribution in [0.5, 0.6) is 11.5 Å². The Labute approximate surface area is 219 Å². The van der Waals surface area contributed by atoms with E-state index in [1.165, 1.54) is 11.1 Å². The third-order valence-electron chi connectivity index (χ3n) is 9.07. The Balaban J connectivity index is 1.23. The molecular formula is C30H36Cl2O3. The predicted octanol–water partition coefficient (Wildman–Crippen LogP) is 8.23. The van der Waals surface area contributed by atoms with E-state index in [1.807, 2.05) is 38.1 Å². The number of carbonyl (C=O) groups is 1. The van der Waals surface area contributed by atoms with Crippen LogP contribution in [0.1, 0.15) is 88.2 Å². The number of benzene rings is 2. The third kappa shape index (κ3) is 3.98. The summed E-state index contributed by atoms with van der Waals surface area (Å²) in [4.78, 5) is 13.8. The summed E-state index contributed by atoms with van der Waals surface area (Å²) in [6.45, 7) is 5.33. The molecule has 0 bridgehead atoms. The summed E-state index contributed by atoms with van der Waals surface area (Å²) in [6.07, 6.45) is 6.91. The largest absolute Gasteiger partial charge is 0.494 e. The average Bonchev–Trinajstić information content (AvgIpc) is 2.89. The standard InChI is InChI=1S/C30H36Cl2O3/c1-3-34-25-9-5-21(6-10-25)23-13-17-28(18-14-23)27(33)29(30(28,31)32)19-15-24(16-20-29)22-7-11-26(12-8-22)35-4-2/h5-12,23-24H,3-4,13-20H2,1-2H3. The van der Waals surface area contributed by atoms with E-state index in [1.54, 1.807) is 0 Å². The summed E-state index contributed by atoms with van der Waals surface area (Å²) >= 11 is 14.4. The van der Waals surface area contributed by atoms with Gasteiger partial charge < -0.3 is 9.47 Å². The topological polar surface area (TPSA) is 35.5 Å². The molecule has 0 radical (unpaired) electrons. The lowest BCUT2D eigenvalue weighted by molar-refractivity contribution is -0.170. The molecule has 188 valence electrons. The van der Waals surface area contributed by atoms with Crippen molar-refractivity contribution in [3.8, 4) is 11.5 Å². The number of hydrogen-bond donors (Lipinski definition) is 0. The molecule has 0 aromatic heterocycles. The molecule has 2 aromatic carbocycles. The summed E-state index contributed by atoms with van der Waals surface area (Å²) in [5, 5.41) is 0. The molecule has 0 heterocycles. The van der Waals surface area contributed by atoms with E-state index in [0.29, 0.717) is 30.8 Å². The van der Waals surface area contributed by atoms with Gasteiger partial charge in [0, 0.05) is 0 Å². The first-order valence-electron chi connectivity index (χ1n) is 13.2. The number of alkyl halides is 2. The van der Waals surface area contributed by atoms with Crippen molar-refractivity contribution >= 4 is 29.0 Å². The third-order valence-corrected chi connectivity index (χ3v) is 10.5. The summed E-state index contributed by atoms with van der Waals surface area (Å²) < 4.78 is 10.2. The fourth-order valence-electron chi connectivity index (χ4n) is 7.11. The van der Waals surface area contributed by atoms with E-state index in [0.717, 1.165) is 62.9 Å². The van der Waals surface area contributed by atoms with Crippen LogP contribution in [-0.2, 0) is 4.79 Å². The van der Waals surface area contributed by atoms with Crippen molar-refractivity contribution in [3.63, 3.8) is 0 Å². The Morgan fingerprint density at radius 2 is 1.03 bits per heavy atom. The number of carbonyl (C=O) groups excluding carboxylic acids is 1. The van der Waals surface area contributed by atoms with Crippen LogP contribution in [-0.4, -0.2) is 23.3 Å². The van der Waals surface area contributed by atoms with Gasteiger partial charge in [-0.2, -0.15) is 0 Å². The first-order chi connectivity index (χ1) is 16.9. The van der Waals surface area contributed by atoms with E-state index in [2.05, 4.69) is 24.3 Å². The molecule has 0 amide bonds. The van der Waals surface area contributed by atoms with Crippen LogP contribution in [0.3, 0.4) is 0 Å². The van der Waals surface area contributed by atoms with Gasteiger partial charge in [0.1, 0.15) is 15.8 Å². The van der Waals surface area contributed by atoms with Crippen LogP contribution >= 0.6 is 23.2 Å². The minimum absolute atomic E-state index is 0.338. The minimum Gasteiger partial charge on any atom is -0.494 e. The van der Waals surface area contributed by atoms with E-state index < -0.39 is 15.2 Å². The maximum absolute atomic E-state index is 13.8. The predicted molar refractivity (Wildman–Crippen MR) is 142 cm³/mol. The Kier molecular flexibility index (Phi) is 6.87. The molecule has 0 saturated heterocycles. The van der Waals surface area contributed by atoms with Crippen LogP contribution in [0.4, 0.5) is 0 Å². The zero-order chi connectivity index (χ0) is 24.7. The molecule has 0 aliphatic heterocycles. The zero-order valence-corrected chi connectivity index (χ0v) is 22.3. The maximum atomic E-state index is 13.8. The number of hydrogen-bond acceptors (Lipinski definition) is 3. The van der Waals surface area contributed by atoms with Crippen LogP contribution in [0, 0.1) is 10.8 Å². The second kappa shape index (κ2) is 9.63. The SMILES string of the molecule is CCOc1ccc(C2CCC3(CC2)C(=O)C2(CCC(c4ccc(OCC)cc4)CC2)C3(Cl)Cl)cc1. The fourth-order valence-corrected chi connectivity index (χ4v) is 8.21. The van der Waals surface area contributed by atoms with Crippen molar-refractivity contribution in [2.45, 2.75) is 81.4 Å². The highest BCUT2D eigenvalue weighted by Crippen LogP contribution is 2.75. The molecular weight excluding hydrogens is 479 g/mol. The van der Waals surface area contributed by atoms with E-state index >= 15 is 0 Å². The first kappa shape index (κ1) is 25.0. The quantitative estimate of drug-likeness (QED) is 0.364. The molecule has 2 spiro atoms. The Bertz CT molecular complexity index is 947. The van der Waals surface area contributed by atoms with Gasteiger partial charge in [-0.05, 0) is 112 Å². The Hall–Kier alpha value is -1.71. The van der Waals surface area contributed by atoms with Gasteiger partial charge in [0.25, 0.3) is 0 Å². The van der Waals surface area contributed by atoms with Crippen molar-refractivity contribution in [1.82, 2.24) is 0 Å². The summed E-state index contributed by atoms with van der Waals surface area (Å²) in [7, 11) is 0. The minimum atomic E-state index is -0.968. The second-order valence-corrected chi connectivity index (χ2v) is 11.9. The highest BCUT2D eigenvalue weighted by Gasteiger charge is 2.79. The van der Waals surface area contributed by atoms with Crippen LogP contribution in [0.2, 0.25) is 0 Å². The van der Waals surface area contributed by atoms with Gasteiger partial charge in [0.15, 0.2) is 5.78 Å². The molecule has 0 N–H and O–H groups in total. The lowest BCUT2D eigenvalue weighted by Gasteiger charge is -2.67. The number of ketones is 1.